The number of rotatable bonds is 4. The zero-order chi connectivity index (χ0) is 18.0. The summed E-state index contributed by atoms with van der Waals surface area (Å²) >= 11 is 3.73. The molecule has 0 N–H and O–H groups in total. The van der Waals surface area contributed by atoms with Crippen molar-refractivity contribution in [3.8, 4) is 22.3 Å². The van der Waals surface area contributed by atoms with Crippen LogP contribution in [-0.4, -0.2) is 0 Å². The molecule has 0 saturated carbocycles. The molecule has 0 aliphatic carbocycles. The predicted octanol–water partition coefficient (Wildman–Crippen LogP) is 8.03. The van der Waals surface area contributed by atoms with Crippen molar-refractivity contribution in [2.45, 2.75) is 39.5 Å². The Kier molecular flexibility index (Phi) is 5.44. The Morgan fingerprint density at radius 3 is 1.40 bits per heavy atom. The van der Waals surface area contributed by atoms with E-state index in [0.717, 1.165) is 4.47 Å². The van der Waals surface area contributed by atoms with E-state index in [9.17, 15) is 0 Å². The summed E-state index contributed by atoms with van der Waals surface area (Å²) < 4.78 is 1.12. The van der Waals surface area contributed by atoms with E-state index in [4.69, 9.17) is 0 Å². The summed E-state index contributed by atoms with van der Waals surface area (Å²) in [6, 6.07) is 24.2. The number of hydrogen-bond acceptors (Lipinski definition) is 0. The zero-order valence-electron chi connectivity index (χ0n) is 15.4. The first-order valence-corrected chi connectivity index (χ1v) is 9.76. The number of benzene rings is 3. The molecule has 3 aromatic carbocycles. The van der Waals surface area contributed by atoms with Crippen molar-refractivity contribution in [1.82, 2.24) is 0 Å². The van der Waals surface area contributed by atoms with E-state index in [1.54, 1.807) is 0 Å². The van der Waals surface area contributed by atoms with Crippen molar-refractivity contribution < 1.29 is 0 Å². The van der Waals surface area contributed by atoms with Crippen molar-refractivity contribution >= 4 is 15.9 Å². The lowest BCUT2D eigenvalue weighted by molar-refractivity contribution is 0.868. The van der Waals surface area contributed by atoms with Gasteiger partial charge in [-0.15, -0.1) is 0 Å². The smallest absolute Gasteiger partial charge is 0.0187 e. The van der Waals surface area contributed by atoms with Crippen molar-refractivity contribution in [3.63, 3.8) is 0 Å². The largest absolute Gasteiger partial charge is 0.0619 e. The second kappa shape index (κ2) is 7.58. The molecule has 0 bridgehead atoms. The molecule has 25 heavy (non-hydrogen) atoms. The highest BCUT2D eigenvalue weighted by Gasteiger charge is 2.13. The molecule has 3 aromatic rings. The van der Waals surface area contributed by atoms with Crippen molar-refractivity contribution in [2.75, 3.05) is 0 Å². The van der Waals surface area contributed by atoms with Crippen LogP contribution in [0, 0.1) is 0 Å². The lowest BCUT2D eigenvalue weighted by Gasteiger charge is -2.17. The average Bonchev–Trinajstić information content (AvgIpc) is 2.61. The minimum absolute atomic E-state index is 0.501. The van der Waals surface area contributed by atoms with Gasteiger partial charge < -0.3 is 0 Å². The fourth-order valence-corrected chi connectivity index (χ4v) is 3.92. The molecule has 0 atom stereocenters. The molecule has 128 valence electrons. The third-order valence-corrected chi connectivity index (χ3v) is 5.14. The predicted molar refractivity (Wildman–Crippen MR) is 113 cm³/mol. The minimum atomic E-state index is 0.501. The SMILES string of the molecule is CC(C)c1ccccc1-c1cc(Br)cc(-c2ccccc2C(C)C)c1. The second-order valence-corrected chi connectivity index (χ2v) is 8.13. The van der Waals surface area contributed by atoms with Gasteiger partial charge in [-0.25, -0.2) is 0 Å². The van der Waals surface area contributed by atoms with E-state index in [1.807, 2.05) is 0 Å². The maximum atomic E-state index is 3.73. The van der Waals surface area contributed by atoms with Gasteiger partial charge in [-0.05, 0) is 63.4 Å². The molecular weight excluding hydrogens is 368 g/mol. The van der Waals surface area contributed by atoms with Crippen LogP contribution in [0.5, 0.6) is 0 Å². The molecule has 3 rings (SSSR count). The Bertz CT molecular complexity index is 805. The Morgan fingerprint density at radius 1 is 0.600 bits per heavy atom. The summed E-state index contributed by atoms with van der Waals surface area (Å²) in [5.74, 6) is 1.00. The molecule has 0 nitrogen and oxygen atoms in total. The number of hydrogen-bond donors (Lipinski definition) is 0. The maximum absolute atomic E-state index is 3.73. The standard InChI is InChI=1S/C24H25Br/c1-16(2)21-9-5-7-11-23(21)18-13-19(15-20(25)14-18)24-12-8-6-10-22(24)17(3)4/h5-17H,1-4H3. The Hall–Kier alpha value is -1.86. The van der Waals surface area contributed by atoms with E-state index in [0.29, 0.717) is 11.8 Å². The van der Waals surface area contributed by atoms with Crippen LogP contribution in [0.25, 0.3) is 22.3 Å². The van der Waals surface area contributed by atoms with Gasteiger partial charge in [0.1, 0.15) is 0 Å². The summed E-state index contributed by atoms with van der Waals surface area (Å²) in [6.45, 7) is 9.02. The van der Waals surface area contributed by atoms with Gasteiger partial charge in [0.25, 0.3) is 0 Å². The molecule has 0 heterocycles. The topological polar surface area (TPSA) is 0 Å². The van der Waals surface area contributed by atoms with Gasteiger partial charge >= 0.3 is 0 Å². The minimum Gasteiger partial charge on any atom is -0.0619 e. The fraction of sp³-hybridized carbons (Fsp3) is 0.250. The Morgan fingerprint density at radius 2 is 1.00 bits per heavy atom. The van der Waals surface area contributed by atoms with Gasteiger partial charge in [0.05, 0.1) is 0 Å². The molecule has 0 aromatic heterocycles. The van der Waals surface area contributed by atoms with E-state index >= 15 is 0 Å². The molecule has 1 heteroatoms. The fourth-order valence-electron chi connectivity index (χ4n) is 3.43. The van der Waals surface area contributed by atoms with Crippen LogP contribution < -0.4 is 0 Å². The molecule has 0 aliphatic rings. The monoisotopic (exact) mass is 392 g/mol. The molecular formula is C24H25Br. The normalized spacial score (nSPS) is 11.3. The maximum Gasteiger partial charge on any atom is 0.0187 e. The van der Waals surface area contributed by atoms with Gasteiger partial charge in [-0.3, -0.25) is 0 Å². The highest BCUT2D eigenvalue weighted by molar-refractivity contribution is 9.10. The first-order chi connectivity index (χ1) is 12.0. The molecule has 0 radical (unpaired) electrons. The summed E-state index contributed by atoms with van der Waals surface area (Å²) in [7, 11) is 0. The Labute approximate surface area is 160 Å². The molecule has 0 unspecified atom stereocenters. The Balaban J connectivity index is 2.19. The lowest BCUT2D eigenvalue weighted by Crippen LogP contribution is -1.94. The van der Waals surface area contributed by atoms with Gasteiger partial charge in [-0.1, -0.05) is 92.2 Å². The van der Waals surface area contributed by atoms with Crippen LogP contribution in [-0.2, 0) is 0 Å². The summed E-state index contributed by atoms with van der Waals surface area (Å²) in [5.41, 5.74) is 7.97. The van der Waals surface area contributed by atoms with Gasteiger partial charge in [-0.2, -0.15) is 0 Å². The molecule has 0 amide bonds. The van der Waals surface area contributed by atoms with E-state index in [-0.39, 0.29) is 0 Å². The first-order valence-electron chi connectivity index (χ1n) is 8.96. The quantitative estimate of drug-likeness (QED) is 0.421. The lowest BCUT2D eigenvalue weighted by atomic mass is 9.89. The summed E-state index contributed by atoms with van der Waals surface area (Å²) in [6.07, 6.45) is 0. The second-order valence-electron chi connectivity index (χ2n) is 7.21. The highest BCUT2D eigenvalue weighted by atomic mass is 79.9. The summed E-state index contributed by atoms with van der Waals surface area (Å²) in [4.78, 5) is 0. The van der Waals surface area contributed by atoms with Crippen LogP contribution >= 0.6 is 15.9 Å². The van der Waals surface area contributed by atoms with Crippen LogP contribution in [0.1, 0.15) is 50.7 Å². The van der Waals surface area contributed by atoms with Gasteiger partial charge in [0.15, 0.2) is 0 Å². The first kappa shape index (κ1) is 17.9. The zero-order valence-corrected chi connectivity index (χ0v) is 17.0. The van der Waals surface area contributed by atoms with Crippen molar-refractivity contribution in [2.24, 2.45) is 0 Å². The van der Waals surface area contributed by atoms with Crippen LogP contribution in [0.4, 0.5) is 0 Å². The molecule has 0 fully saturated rings. The average molecular weight is 393 g/mol. The van der Waals surface area contributed by atoms with Crippen LogP contribution in [0.15, 0.2) is 71.2 Å². The van der Waals surface area contributed by atoms with E-state index in [2.05, 4.69) is 110 Å². The van der Waals surface area contributed by atoms with Gasteiger partial charge in [0, 0.05) is 4.47 Å². The van der Waals surface area contributed by atoms with Gasteiger partial charge in [0.2, 0.25) is 0 Å². The molecule has 0 spiro atoms. The van der Waals surface area contributed by atoms with E-state index in [1.165, 1.54) is 33.4 Å². The van der Waals surface area contributed by atoms with Crippen LogP contribution in [0.3, 0.4) is 0 Å². The summed E-state index contributed by atoms with van der Waals surface area (Å²) in [5, 5.41) is 0. The third kappa shape index (κ3) is 3.88. The van der Waals surface area contributed by atoms with Crippen molar-refractivity contribution in [1.29, 1.82) is 0 Å². The van der Waals surface area contributed by atoms with Crippen molar-refractivity contribution in [3.05, 3.63) is 82.3 Å². The number of halogens is 1. The molecule has 0 aliphatic heterocycles. The van der Waals surface area contributed by atoms with E-state index < -0.39 is 0 Å². The highest BCUT2D eigenvalue weighted by Crippen LogP contribution is 2.36. The van der Waals surface area contributed by atoms with Crippen LogP contribution in [0.2, 0.25) is 0 Å². The molecule has 0 saturated heterocycles. The third-order valence-electron chi connectivity index (χ3n) is 4.69.